The lowest BCUT2D eigenvalue weighted by Crippen LogP contribution is -2.45. The molecule has 2 N–H and O–H groups in total. The van der Waals surface area contributed by atoms with Crippen LogP contribution in [0.5, 0.6) is 5.75 Å². The van der Waals surface area contributed by atoms with Crippen LogP contribution in [0.15, 0.2) is 109 Å². The van der Waals surface area contributed by atoms with E-state index in [1.165, 1.54) is 5.39 Å². The van der Waals surface area contributed by atoms with E-state index in [4.69, 9.17) is 4.74 Å². The molecular formula is C31H36N2O3S. The molecule has 0 unspecified atom stereocenters. The second kappa shape index (κ2) is 14.4. The van der Waals surface area contributed by atoms with E-state index in [0.29, 0.717) is 25.5 Å². The van der Waals surface area contributed by atoms with E-state index in [9.17, 15) is 10.0 Å². The maximum atomic E-state index is 12.9. The normalized spacial score (nSPS) is 12.5. The summed E-state index contributed by atoms with van der Waals surface area (Å²) in [7, 11) is 0. The lowest BCUT2D eigenvalue weighted by Gasteiger charge is -2.30. The van der Waals surface area contributed by atoms with E-state index in [0.717, 1.165) is 33.6 Å². The molecular weight excluding hydrogens is 480 g/mol. The maximum Gasteiger partial charge on any atom is 0.261 e. The van der Waals surface area contributed by atoms with Crippen LogP contribution in [-0.4, -0.2) is 34.6 Å². The van der Waals surface area contributed by atoms with Crippen LogP contribution in [0.2, 0.25) is 0 Å². The van der Waals surface area contributed by atoms with Gasteiger partial charge in [-0.1, -0.05) is 87.7 Å². The molecule has 0 fully saturated rings. The number of hydrogen-bond acceptors (Lipinski definition) is 5. The van der Waals surface area contributed by atoms with Crippen LogP contribution in [0, 0.1) is 5.92 Å². The third-order valence-electron chi connectivity index (χ3n) is 5.98. The Labute approximate surface area is 224 Å². The summed E-state index contributed by atoms with van der Waals surface area (Å²) in [5, 5.41) is 11.9. The fourth-order valence-electron chi connectivity index (χ4n) is 3.85. The minimum atomic E-state index is -0.560. The van der Waals surface area contributed by atoms with Gasteiger partial charge >= 0.3 is 0 Å². The highest BCUT2D eigenvalue weighted by Gasteiger charge is 2.27. The van der Waals surface area contributed by atoms with Crippen molar-refractivity contribution in [1.82, 2.24) is 9.79 Å². The van der Waals surface area contributed by atoms with Gasteiger partial charge in [0.1, 0.15) is 18.4 Å². The molecule has 3 aromatic carbocycles. The molecule has 0 spiro atoms. The van der Waals surface area contributed by atoms with Crippen molar-refractivity contribution in [3.05, 3.63) is 109 Å². The van der Waals surface area contributed by atoms with Gasteiger partial charge in [-0.05, 0) is 76.9 Å². The molecule has 0 aromatic heterocycles. The number of rotatable bonds is 14. The minimum Gasteiger partial charge on any atom is -0.489 e. The molecule has 194 valence electrons. The molecule has 0 radical (unpaired) electrons. The van der Waals surface area contributed by atoms with Crippen molar-refractivity contribution in [3.63, 3.8) is 0 Å². The number of nitrogens with zero attached hydrogens (tertiary/aromatic N) is 1. The fourth-order valence-corrected chi connectivity index (χ4v) is 4.92. The number of fused-ring (bicyclic) bond motifs is 1. The number of ether oxygens (including phenoxy) is 1. The maximum absolute atomic E-state index is 12.9. The molecule has 0 bridgehead atoms. The predicted octanol–water partition coefficient (Wildman–Crippen LogP) is 6.99. The number of carbonyl (C=O) groups is 1. The lowest BCUT2D eigenvalue weighted by molar-refractivity contribution is -0.133. The Balaban J connectivity index is 1.79. The van der Waals surface area contributed by atoms with Crippen LogP contribution in [0.25, 0.3) is 10.8 Å². The van der Waals surface area contributed by atoms with E-state index in [1.54, 1.807) is 24.1 Å². The fraction of sp³-hybridized carbons (Fsp3) is 0.258. The smallest absolute Gasteiger partial charge is 0.261 e. The minimum absolute atomic E-state index is 0.399. The standard InChI is InChI=1S/C31H36N2O3S/c1-5-9-24(6-2)22-36-28-15-12-25(13-16-28)20-30(31(34)32-35)33(19-18-23(3)4)37-29-17-14-26-10-7-8-11-27(26)21-29/h5-17,21,23,30,35H,1-2,18-20,22H2,3-4H3,(H,32,34)/b24-9+/t30-/m1/s1. The Morgan fingerprint density at radius 3 is 2.46 bits per heavy atom. The first-order valence-electron chi connectivity index (χ1n) is 12.5. The number of allylic oxidation sites excluding steroid dienone is 2. The van der Waals surface area contributed by atoms with E-state index in [1.807, 2.05) is 48.0 Å². The Morgan fingerprint density at radius 1 is 1.08 bits per heavy atom. The summed E-state index contributed by atoms with van der Waals surface area (Å²) >= 11 is 1.55. The van der Waals surface area contributed by atoms with Crippen LogP contribution in [0.4, 0.5) is 0 Å². The van der Waals surface area contributed by atoms with Crippen LogP contribution in [-0.2, 0) is 11.2 Å². The second-order valence-corrected chi connectivity index (χ2v) is 10.4. The van der Waals surface area contributed by atoms with Gasteiger partial charge in [-0.3, -0.25) is 10.0 Å². The monoisotopic (exact) mass is 516 g/mol. The van der Waals surface area contributed by atoms with Crippen LogP contribution < -0.4 is 10.2 Å². The van der Waals surface area contributed by atoms with E-state index in [2.05, 4.69) is 61.6 Å². The Morgan fingerprint density at radius 2 is 1.81 bits per heavy atom. The number of hydroxylamine groups is 1. The van der Waals surface area contributed by atoms with Crippen molar-refractivity contribution in [2.45, 2.75) is 37.6 Å². The van der Waals surface area contributed by atoms with Crippen molar-refractivity contribution in [1.29, 1.82) is 0 Å². The first kappa shape index (κ1) is 28.3. The zero-order valence-electron chi connectivity index (χ0n) is 21.6. The van der Waals surface area contributed by atoms with Gasteiger partial charge in [0, 0.05) is 11.4 Å². The summed E-state index contributed by atoms with van der Waals surface area (Å²) < 4.78 is 7.93. The molecule has 3 aromatic rings. The molecule has 3 rings (SSSR count). The van der Waals surface area contributed by atoms with Crippen molar-refractivity contribution < 1.29 is 14.7 Å². The molecule has 0 heterocycles. The summed E-state index contributed by atoms with van der Waals surface area (Å²) in [4.78, 5) is 13.9. The second-order valence-electron chi connectivity index (χ2n) is 9.23. The van der Waals surface area contributed by atoms with Gasteiger partial charge in [0.05, 0.1) is 0 Å². The van der Waals surface area contributed by atoms with Gasteiger partial charge in [-0.2, -0.15) is 0 Å². The first-order chi connectivity index (χ1) is 17.9. The van der Waals surface area contributed by atoms with Gasteiger partial charge in [0.2, 0.25) is 0 Å². The van der Waals surface area contributed by atoms with Gasteiger partial charge in [-0.25, -0.2) is 9.79 Å². The Hall–Kier alpha value is -3.32. The number of hydrogen-bond donors (Lipinski definition) is 2. The molecule has 0 aliphatic carbocycles. The van der Waals surface area contributed by atoms with Crippen LogP contribution >= 0.6 is 11.9 Å². The quantitative estimate of drug-likeness (QED) is 0.105. The Bertz CT molecular complexity index is 1220. The number of carbonyl (C=O) groups excluding carboxylic acids is 1. The molecule has 0 saturated heterocycles. The summed E-state index contributed by atoms with van der Waals surface area (Å²) in [6.45, 7) is 12.9. The third kappa shape index (κ3) is 8.64. The van der Waals surface area contributed by atoms with E-state index in [-0.39, 0.29) is 0 Å². The largest absolute Gasteiger partial charge is 0.489 e. The number of amides is 1. The highest BCUT2D eigenvalue weighted by atomic mass is 32.2. The van der Waals surface area contributed by atoms with Crippen molar-refractivity contribution >= 4 is 28.6 Å². The average Bonchev–Trinajstić information content (AvgIpc) is 2.92. The summed E-state index contributed by atoms with van der Waals surface area (Å²) in [6, 6.07) is 21.7. The van der Waals surface area contributed by atoms with Crippen LogP contribution in [0.1, 0.15) is 25.8 Å². The molecule has 1 amide bonds. The zero-order chi connectivity index (χ0) is 26.6. The van der Waals surface area contributed by atoms with E-state index < -0.39 is 11.9 Å². The van der Waals surface area contributed by atoms with Gasteiger partial charge < -0.3 is 4.74 Å². The topological polar surface area (TPSA) is 61.8 Å². The van der Waals surface area contributed by atoms with Crippen molar-refractivity contribution in [3.8, 4) is 5.75 Å². The molecule has 0 saturated carbocycles. The highest BCUT2D eigenvalue weighted by Crippen LogP contribution is 2.30. The summed E-state index contributed by atoms with van der Waals surface area (Å²) in [5.41, 5.74) is 3.80. The average molecular weight is 517 g/mol. The molecule has 1 atom stereocenters. The zero-order valence-corrected chi connectivity index (χ0v) is 22.4. The predicted molar refractivity (Wildman–Crippen MR) is 154 cm³/mol. The molecule has 0 aliphatic rings. The van der Waals surface area contributed by atoms with Crippen LogP contribution in [0.3, 0.4) is 0 Å². The highest BCUT2D eigenvalue weighted by molar-refractivity contribution is 7.97. The number of nitrogens with one attached hydrogen (secondary N) is 1. The Kier molecular flexibility index (Phi) is 11.0. The number of benzene rings is 3. The molecule has 6 heteroatoms. The van der Waals surface area contributed by atoms with E-state index >= 15 is 0 Å². The van der Waals surface area contributed by atoms with Gasteiger partial charge in [0.15, 0.2) is 0 Å². The third-order valence-corrected chi connectivity index (χ3v) is 7.12. The first-order valence-corrected chi connectivity index (χ1v) is 13.2. The summed E-state index contributed by atoms with van der Waals surface area (Å²) in [5.74, 6) is 0.776. The molecule has 0 aliphatic heterocycles. The van der Waals surface area contributed by atoms with Crippen molar-refractivity contribution in [2.75, 3.05) is 13.2 Å². The van der Waals surface area contributed by atoms with Crippen molar-refractivity contribution in [2.24, 2.45) is 5.92 Å². The lowest BCUT2D eigenvalue weighted by atomic mass is 10.0. The van der Waals surface area contributed by atoms with Gasteiger partial charge in [0.25, 0.3) is 5.91 Å². The molecule has 37 heavy (non-hydrogen) atoms. The summed E-state index contributed by atoms with van der Waals surface area (Å²) in [6.07, 6.45) is 6.67. The van der Waals surface area contributed by atoms with Gasteiger partial charge in [-0.15, -0.1) is 0 Å². The SMILES string of the molecule is C=C/C=C(\C=C)COc1ccc(C[C@H](C(=O)NO)N(CCC(C)C)Sc2ccc3ccccc3c2)cc1. The molecule has 5 nitrogen and oxygen atoms in total.